The summed E-state index contributed by atoms with van der Waals surface area (Å²) in [5.74, 6) is -0.867. The van der Waals surface area contributed by atoms with Crippen LogP contribution in [0.4, 0.5) is 0 Å². The summed E-state index contributed by atoms with van der Waals surface area (Å²) < 4.78 is 32.7. The van der Waals surface area contributed by atoms with E-state index < -0.39 is 32.5 Å². The molecule has 0 aliphatic carbocycles. The summed E-state index contributed by atoms with van der Waals surface area (Å²) in [6.45, 7) is 3.57. The summed E-state index contributed by atoms with van der Waals surface area (Å²) in [6.07, 6.45) is 46.8. The predicted molar refractivity (Wildman–Crippen MR) is 224 cm³/mol. The maximum absolute atomic E-state index is 12.6. The van der Waals surface area contributed by atoms with E-state index in [2.05, 4.69) is 74.6 Å². The van der Waals surface area contributed by atoms with Gasteiger partial charge in [-0.05, 0) is 57.8 Å². The van der Waals surface area contributed by atoms with Gasteiger partial charge in [0.2, 0.25) is 0 Å². The zero-order valence-electron chi connectivity index (χ0n) is 34.2. The first-order chi connectivity index (χ1) is 26.3. The molecule has 0 saturated carbocycles. The molecule has 0 aliphatic heterocycles. The number of unbranched alkanes of at least 4 members (excludes halogenated alkanes) is 16. The predicted octanol–water partition coefficient (Wildman–Crippen LogP) is 12.1. The number of carbonyl (C=O) groups excluding carboxylic acids is 2. The van der Waals surface area contributed by atoms with Gasteiger partial charge in [0.25, 0.3) is 0 Å². The minimum atomic E-state index is -4.38. The highest BCUT2D eigenvalue weighted by Gasteiger charge is 2.26. The van der Waals surface area contributed by atoms with Gasteiger partial charge in [-0.15, -0.1) is 0 Å². The van der Waals surface area contributed by atoms with Gasteiger partial charge < -0.3 is 20.1 Å². The minimum absolute atomic E-state index is 0.0471. The number of rotatable bonds is 39. The van der Waals surface area contributed by atoms with Crippen molar-refractivity contribution in [2.45, 2.75) is 180 Å². The third kappa shape index (κ3) is 39.4. The second kappa shape index (κ2) is 40.4. The molecule has 0 spiro atoms. The summed E-state index contributed by atoms with van der Waals surface area (Å²) in [5, 5.41) is 0. The zero-order valence-corrected chi connectivity index (χ0v) is 35.1. The number of hydrogen-bond acceptors (Lipinski definition) is 8. The number of nitrogens with two attached hydrogens (primary N) is 1. The lowest BCUT2D eigenvalue weighted by Gasteiger charge is -2.19. The number of phosphoric acid groups is 1. The van der Waals surface area contributed by atoms with Crippen LogP contribution in [-0.4, -0.2) is 49.3 Å². The van der Waals surface area contributed by atoms with E-state index in [9.17, 15) is 19.0 Å². The monoisotopic (exact) mass is 780 g/mol. The van der Waals surface area contributed by atoms with Crippen LogP contribution in [0.5, 0.6) is 0 Å². The lowest BCUT2D eigenvalue weighted by Crippen LogP contribution is -2.29. The first kappa shape index (κ1) is 51.7. The molecule has 0 bridgehead atoms. The van der Waals surface area contributed by atoms with Gasteiger partial charge in [-0.1, -0.05) is 164 Å². The topological polar surface area (TPSA) is 134 Å². The molecule has 0 amide bonds. The van der Waals surface area contributed by atoms with Gasteiger partial charge in [-0.25, -0.2) is 4.57 Å². The molecule has 0 aliphatic rings. The van der Waals surface area contributed by atoms with Crippen molar-refractivity contribution in [3.05, 3.63) is 60.8 Å². The standard InChI is InChI=1S/C44H78NO8P/c1-3-5-7-9-11-13-15-17-19-20-21-22-23-25-26-28-30-32-34-36-43(46)50-40-42(41-52-54(48,49)51-39-38-45)53-44(47)37-35-33-31-29-27-24-18-16-14-12-10-8-6-4-2/h5,7,11,13,17,19,21-22,25-26,42H,3-4,6,8-10,12,14-16,18,20,23-24,27-41,45H2,1-2H3,(H,48,49)/b7-5+,13-11+,19-17+,22-21+,26-25+/t42-/m0/s1. The number of phosphoric ester groups is 1. The third-order valence-corrected chi connectivity index (χ3v) is 9.65. The average molecular weight is 780 g/mol. The van der Waals surface area contributed by atoms with Crippen molar-refractivity contribution in [2.24, 2.45) is 5.73 Å². The van der Waals surface area contributed by atoms with Crippen LogP contribution < -0.4 is 5.73 Å². The summed E-state index contributed by atoms with van der Waals surface area (Å²) in [4.78, 5) is 34.8. The molecule has 312 valence electrons. The average Bonchev–Trinajstić information content (AvgIpc) is 3.16. The minimum Gasteiger partial charge on any atom is -0.462 e. The molecule has 0 aromatic rings. The van der Waals surface area contributed by atoms with Crippen LogP contribution in [0.1, 0.15) is 174 Å². The Morgan fingerprint density at radius 3 is 1.52 bits per heavy atom. The molecule has 0 aromatic carbocycles. The van der Waals surface area contributed by atoms with Crippen molar-refractivity contribution < 1.29 is 37.6 Å². The first-order valence-electron chi connectivity index (χ1n) is 21.3. The zero-order chi connectivity index (χ0) is 39.6. The molecule has 0 heterocycles. The molecule has 1 unspecified atom stereocenters. The van der Waals surface area contributed by atoms with Crippen molar-refractivity contribution in [3.8, 4) is 0 Å². The van der Waals surface area contributed by atoms with Crippen LogP contribution in [0, 0.1) is 0 Å². The van der Waals surface area contributed by atoms with Crippen molar-refractivity contribution in [1.29, 1.82) is 0 Å². The Kier molecular flexibility index (Phi) is 38.7. The fourth-order valence-electron chi connectivity index (χ4n) is 5.54. The van der Waals surface area contributed by atoms with Gasteiger partial charge in [0.05, 0.1) is 13.2 Å². The number of ether oxygens (including phenoxy) is 2. The Bertz CT molecular complexity index is 1070. The Morgan fingerprint density at radius 1 is 0.574 bits per heavy atom. The van der Waals surface area contributed by atoms with Crippen molar-refractivity contribution >= 4 is 19.8 Å². The molecular formula is C44H78NO8P. The molecule has 0 radical (unpaired) electrons. The largest absolute Gasteiger partial charge is 0.472 e. The summed E-state index contributed by atoms with van der Waals surface area (Å²) in [7, 11) is -4.38. The van der Waals surface area contributed by atoms with Gasteiger partial charge in [-0.3, -0.25) is 18.6 Å². The fraction of sp³-hybridized carbons (Fsp3) is 0.727. The Labute approximate surface area is 329 Å². The van der Waals surface area contributed by atoms with E-state index in [-0.39, 0.29) is 32.6 Å². The highest BCUT2D eigenvalue weighted by Crippen LogP contribution is 2.43. The van der Waals surface area contributed by atoms with Crippen LogP contribution in [0.15, 0.2) is 60.8 Å². The van der Waals surface area contributed by atoms with Crippen LogP contribution in [-0.2, 0) is 32.7 Å². The molecule has 2 atom stereocenters. The van der Waals surface area contributed by atoms with Crippen LogP contribution >= 0.6 is 7.82 Å². The van der Waals surface area contributed by atoms with E-state index >= 15 is 0 Å². The van der Waals surface area contributed by atoms with E-state index in [0.717, 1.165) is 70.6 Å². The molecule has 0 saturated heterocycles. The van der Waals surface area contributed by atoms with Gasteiger partial charge in [0.15, 0.2) is 6.10 Å². The second-order valence-corrected chi connectivity index (χ2v) is 15.3. The lowest BCUT2D eigenvalue weighted by molar-refractivity contribution is -0.161. The summed E-state index contributed by atoms with van der Waals surface area (Å²) in [6, 6.07) is 0. The molecule has 54 heavy (non-hydrogen) atoms. The van der Waals surface area contributed by atoms with Gasteiger partial charge in [-0.2, -0.15) is 0 Å². The fourth-order valence-corrected chi connectivity index (χ4v) is 6.31. The van der Waals surface area contributed by atoms with E-state index in [1.807, 2.05) is 0 Å². The molecule has 0 rings (SSSR count). The summed E-state index contributed by atoms with van der Waals surface area (Å²) >= 11 is 0. The van der Waals surface area contributed by atoms with Crippen LogP contribution in [0.25, 0.3) is 0 Å². The molecule has 3 N–H and O–H groups in total. The molecule has 10 heteroatoms. The van der Waals surface area contributed by atoms with Gasteiger partial charge in [0, 0.05) is 19.4 Å². The van der Waals surface area contributed by atoms with E-state index in [1.165, 1.54) is 64.2 Å². The van der Waals surface area contributed by atoms with E-state index in [0.29, 0.717) is 12.8 Å². The Morgan fingerprint density at radius 2 is 1.02 bits per heavy atom. The van der Waals surface area contributed by atoms with Gasteiger partial charge in [0.1, 0.15) is 6.61 Å². The van der Waals surface area contributed by atoms with Gasteiger partial charge >= 0.3 is 19.8 Å². The summed E-state index contributed by atoms with van der Waals surface area (Å²) in [5.41, 5.74) is 5.34. The lowest BCUT2D eigenvalue weighted by atomic mass is 10.0. The molecule has 0 aromatic heterocycles. The number of allylic oxidation sites excluding steroid dienone is 10. The van der Waals surface area contributed by atoms with E-state index in [1.54, 1.807) is 0 Å². The second-order valence-electron chi connectivity index (χ2n) is 13.8. The van der Waals surface area contributed by atoms with Crippen LogP contribution in [0.3, 0.4) is 0 Å². The number of carbonyl (C=O) groups is 2. The normalized spacial score (nSPS) is 13.9. The SMILES string of the molecule is CC/C=C/C/C=C/C/C=C/C/C=C/C/C=C/CCCCCC(=O)OC[C@@H](COP(=O)(O)OCCN)OC(=O)CCCCCCCCCCCCCCCC. The Balaban J connectivity index is 4.23. The molecule has 0 fully saturated rings. The Hall–Kier alpha value is -2.29. The van der Waals surface area contributed by atoms with Crippen molar-refractivity contribution in [1.82, 2.24) is 0 Å². The quantitative estimate of drug-likeness (QED) is 0.0270. The highest BCUT2D eigenvalue weighted by molar-refractivity contribution is 7.47. The maximum atomic E-state index is 12.6. The highest BCUT2D eigenvalue weighted by atomic mass is 31.2. The van der Waals surface area contributed by atoms with Crippen molar-refractivity contribution in [3.63, 3.8) is 0 Å². The first-order valence-corrected chi connectivity index (χ1v) is 22.8. The molecule has 9 nitrogen and oxygen atoms in total. The molecular weight excluding hydrogens is 701 g/mol. The van der Waals surface area contributed by atoms with Crippen LogP contribution in [0.2, 0.25) is 0 Å². The van der Waals surface area contributed by atoms with E-state index in [4.69, 9.17) is 24.3 Å². The van der Waals surface area contributed by atoms with Crippen molar-refractivity contribution in [2.75, 3.05) is 26.4 Å². The maximum Gasteiger partial charge on any atom is 0.472 e. The number of hydrogen-bond donors (Lipinski definition) is 2. The number of esters is 2. The third-order valence-electron chi connectivity index (χ3n) is 8.67. The smallest absolute Gasteiger partial charge is 0.462 e.